The van der Waals surface area contributed by atoms with Crippen LogP contribution in [0.1, 0.15) is 40.3 Å². The number of halogens is 2. The number of benzene rings is 2. The topological polar surface area (TPSA) is 100 Å². The minimum Gasteiger partial charge on any atom is -0.445 e. The Morgan fingerprint density at radius 2 is 1.74 bits per heavy atom. The van der Waals surface area contributed by atoms with Gasteiger partial charge in [-0.25, -0.2) is 4.39 Å². The van der Waals surface area contributed by atoms with E-state index in [2.05, 4.69) is 20.8 Å². The molecule has 2 heterocycles. The number of carbonyl (C=O) groups is 2. The summed E-state index contributed by atoms with van der Waals surface area (Å²) in [4.78, 5) is 25.1. The number of aromatic nitrogens is 2. The number of nitrogens with zero attached hydrogens (tertiary/aromatic N) is 1. The van der Waals surface area contributed by atoms with Crippen molar-refractivity contribution >= 4 is 40.3 Å². The Balaban J connectivity index is 1.52. The molecule has 31 heavy (non-hydrogen) atoms. The van der Waals surface area contributed by atoms with Crippen LogP contribution in [0.25, 0.3) is 11.1 Å². The van der Waals surface area contributed by atoms with Gasteiger partial charge in [0.2, 0.25) is 0 Å². The summed E-state index contributed by atoms with van der Waals surface area (Å²) in [5.41, 5.74) is 1.12. The number of aromatic amines is 1. The van der Waals surface area contributed by atoms with Crippen LogP contribution >= 0.6 is 11.6 Å². The molecule has 2 aromatic heterocycles. The van der Waals surface area contributed by atoms with Crippen molar-refractivity contribution in [2.45, 2.75) is 19.4 Å². The predicted molar refractivity (Wildman–Crippen MR) is 115 cm³/mol. The molecule has 0 atom stereocenters. The smallest absolute Gasteiger partial charge is 0.287 e. The van der Waals surface area contributed by atoms with Crippen LogP contribution in [0, 0.1) is 5.82 Å². The molecule has 0 radical (unpaired) electrons. The van der Waals surface area contributed by atoms with Gasteiger partial charge >= 0.3 is 0 Å². The molecule has 2 amide bonds. The lowest BCUT2D eigenvalue weighted by Crippen LogP contribution is -2.40. The molecule has 0 saturated heterocycles. The molecule has 158 valence electrons. The second-order valence-electron chi connectivity index (χ2n) is 7.47. The monoisotopic (exact) mass is 440 g/mol. The molecule has 2 aromatic carbocycles. The molecule has 4 rings (SSSR count). The first-order valence-corrected chi connectivity index (χ1v) is 9.74. The van der Waals surface area contributed by atoms with Gasteiger partial charge in [-0.3, -0.25) is 14.7 Å². The second kappa shape index (κ2) is 7.88. The summed E-state index contributed by atoms with van der Waals surface area (Å²) in [7, 11) is 0. The van der Waals surface area contributed by atoms with Crippen LogP contribution in [0.15, 0.2) is 59.0 Å². The highest BCUT2D eigenvalue weighted by atomic mass is 35.5. The van der Waals surface area contributed by atoms with Crippen molar-refractivity contribution in [3.8, 4) is 0 Å². The van der Waals surface area contributed by atoms with Gasteiger partial charge in [0.05, 0.1) is 5.54 Å². The van der Waals surface area contributed by atoms with Crippen molar-refractivity contribution < 1.29 is 18.4 Å². The molecule has 0 spiro atoms. The van der Waals surface area contributed by atoms with E-state index in [9.17, 15) is 14.0 Å². The van der Waals surface area contributed by atoms with E-state index in [1.807, 2.05) is 26.0 Å². The lowest BCUT2D eigenvalue weighted by Gasteiger charge is -2.26. The molecule has 0 aliphatic carbocycles. The van der Waals surface area contributed by atoms with Crippen molar-refractivity contribution in [1.82, 2.24) is 15.5 Å². The number of hydrogen-bond acceptors (Lipinski definition) is 4. The number of hydrogen-bond donors (Lipinski definition) is 3. The van der Waals surface area contributed by atoms with E-state index in [4.69, 9.17) is 16.0 Å². The standard InChI is InChI=1S/C22H18ClFN4O3/c1-22(2,13-5-7-14(23)8-6-13)26-21(30)17-11-16-18(31-17)19(28-27-16)25-20(29)12-3-9-15(24)10-4-12/h3-11H,1-2H3,(H,26,30)(H2,25,27,28,29). The van der Waals surface area contributed by atoms with Crippen molar-refractivity contribution in [3.05, 3.63) is 82.3 Å². The number of nitrogens with one attached hydrogen (secondary N) is 3. The van der Waals surface area contributed by atoms with Crippen LogP contribution in [0.5, 0.6) is 0 Å². The number of amides is 2. The zero-order valence-electron chi connectivity index (χ0n) is 16.6. The van der Waals surface area contributed by atoms with Gasteiger partial charge in [-0.15, -0.1) is 0 Å². The van der Waals surface area contributed by atoms with Crippen LogP contribution in [-0.2, 0) is 5.54 Å². The highest BCUT2D eigenvalue weighted by Crippen LogP contribution is 2.27. The van der Waals surface area contributed by atoms with Gasteiger partial charge in [-0.2, -0.15) is 5.10 Å². The number of carbonyl (C=O) groups excluding carboxylic acids is 2. The van der Waals surface area contributed by atoms with Gasteiger partial charge in [0, 0.05) is 16.7 Å². The number of fused-ring (bicyclic) bond motifs is 1. The Morgan fingerprint density at radius 3 is 2.42 bits per heavy atom. The summed E-state index contributed by atoms with van der Waals surface area (Å²) in [5, 5.41) is 12.8. The largest absolute Gasteiger partial charge is 0.445 e. The van der Waals surface area contributed by atoms with Crippen LogP contribution < -0.4 is 10.6 Å². The molecule has 3 N–H and O–H groups in total. The molecule has 4 aromatic rings. The van der Waals surface area contributed by atoms with Crippen LogP contribution in [0.4, 0.5) is 10.2 Å². The van der Waals surface area contributed by atoms with Crippen molar-refractivity contribution in [2.75, 3.05) is 5.32 Å². The van der Waals surface area contributed by atoms with Gasteiger partial charge in [-0.05, 0) is 55.8 Å². The fraction of sp³-hybridized carbons (Fsp3) is 0.136. The predicted octanol–water partition coefficient (Wildman–Crippen LogP) is 4.87. The molecule has 0 aliphatic heterocycles. The lowest BCUT2D eigenvalue weighted by atomic mass is 9.94. The van der Waals surface area contributed by atoms with E-state index < -0.39 is 23.2 Å². The third kappa shape index (κ3) is 4.29. The first kappa shape index (κ1) is 20.6. The molecular weight excluding hydrogens is 423 g/mol. The minimum absolute atomic E-state index is 0.0583. The Kier molecular flexibility index (Phi) is 5.24. The van der Waals surface area contributed by atoms with Crippen LogP contribution in [0.2, 0.25) is 5.02 Å². The number of furan rings is 1. The van der Waals surface area contributed by atoms with Crippen molar-refractivity contribution in [1.29, 1.82) is 0 Å². The molecule has 0 bridgehead atoms. The molecular formula is C22H18ClFN4O3. The fourth-order valence-electron chi connectivity index (χ4n) is 3.08. The van der Waals surface area contributed by atoms with E-state index in [-0.39, 0.29) is 22.7 Å². The average molecular weight is 441 g/mol. The summed E-state index contributed by atoms with van der Waals surface area (Å²) in [6.45, 7) is 3.72. The summed E-state index contributed by atoms with van der Waals surface area (Å²) in [6, 6.07) is 13.8. The van der Waals surface area contributed by atoms with Crippen molar-refractivity contribution in [3.63, 3.8) is 0 Å². The average Bonchev–Trinajstić information content (AvgIpc) is 3.30. The molecule has 7 nitrogen and oxygen atoms in total. The van der Waals surface area contributed by atoms with E-state index in [0.29, 0.717) is 10.5 Å². The lowest BCUT2D eigenvalue weighted by molar-refractivity contribution is 0.0885. The maximum atomic E-state index is 13.0. The quantitative estimate of drug-likeness (QED) is 0.412. The van der Waals surface area contributed by atoms with E-state index in [1.165, 1.54) is 30.3 Å². The van der Waals surface area contributed by atoms with Gasteiger partial charge < -0.3 is 15.1 Å². The van der Waals surface area contributed by atoms with Crippen LogP contribution in [0.3, 0.4) is 0 Å². The first-order valence-electron chi connectivity index (χ1n) is 9.36. The Hall–Kier alpha value is -3.65. The first-order chi connectivity index (χ1) is 14.7. The third-order valence-electron chi connectivity index (χ3n) is 4.79. The minimum atomic E-state index is -0.681. The molecule has 0 unspecified atom stereocenters. The third-order valence-corrected chi connectivity index (χ3v) is 5.04. The second-order valence-corrected chi connectivity index (χ2v) is 7.91. The summed E-state index contributed by atoms with van der Waals surface area (Å²) in [5.74, 6) is -1.18. The van der Waals surface area contributed by atoms with Gasteiger partial charge in [0.15, 0.2) is 17.2 Å². The number of anilines is 1. The normalized spacial score (nSPS) is 11.5. The summed E-state index contributed by atoms with van der Waals surface area (Å²) < 4.78 is 18.7. The molecule has 0 aliphatic rings. The van der Waals surface area contributed by atoms with Gasteiger partial charge in [-0.1, -0.05) is 23.7 Å². The van der Waals surface area contributed by atoms with E-state index in [1.54, 1.807) is 12.1 Å². The molecule has 9 heteroatoms. The highest BCUT2D eigenvalue weighted by molar-refractivity contribution is 6.30. The van der Waals surface area contributed by atoms with Crippen molar-refractivity contribution in [2.24, 2.45) is 0 Å². The van der Waals surface area contributed by atoms with Gasteiger partial charge in [0.25, 0.3) is 11.8 Å². The Bertz CT molecular complexity index is 1260. The SMILES string of the molecule is CC(C)(NC(=O)c1cc2[nH]nc(NC(=O)c3ccc(F)cc3)c2o1)c1ccc(Cl)cc1. The summed E-state index contributed by atoms with van der Waals surface area (Å²) >= 11 is 5.93. The molecule has 0 saturated carbocycles. The highest BCUT2D eigenvalue weighted by Gasteiger charge is 2.26. The van der Waals surface area contributed by atoms with Gasteiger partial charge in [0.1, 0.15) is 11.3 Å². The maximum Gasteiger partial charge on any atom is 0.287 e. The van der Waals surface area contributed by atoms with Crippen LogP contribution in [-0.4, -0.2) is 22.0 Å². The Morgan fingerprint density at radius 1 is 1.06 bits per heavy atom. The fourth-order valence-corrected chi connectivity index (χ4v) is 3.20. The Labute approximate surface area is 181 Å². The number of H-pyrrole nitrogens is 1. The van der Waals surface area contributed by atoms with E-state index >= 15 is 0 Å². The van der Waals surface area contributed by atoms with E-state index in [0.717, 1.165) is 5.56 Å². The maximum absolute atomic E-state index is 13.0. The molecule has 0 fully saturated rings. The summed E-state index contributed by atoms with van der Waals surface area (Å²) in [6.07, 6.45) is 0. The zero-order valence-corrected chi connectivity index (χ0v) is 17.4. The zero-order chi connectivity index (χ0) is 22.2. The number of rotatable bonds is 5.